The van der Waals surface area contributed by atoms with Gasteiger partial charge in [-0.05, 0) is 77.0 Å². The lowest BCUT2D eigenvalue weighted by atomic mass is 10.1. The number of unbranched alkanes of at least 4 members (excludes halogenated alkanes) is 14. The van der Waals surface area contributed by atoms with E-state index in [1.807, 2.05) is 27.2 Å². The van der Waals surface area contributed by atoms with Crippen LogP contribution in [0.25, 0.3) is 0 Å². The first-order valence-corrected chi connectivity index (χ1v) is 23.0. The van der Waals surface area contributed by atoms with Gasteiger partial charge in [-0.1, -0.05) is 132 Å². The molecule has 9 nitrogen and oxygen atoms in total. The molecule has 0 bridgehead atoms. The Morgan fingerprint density at radius 1 is 0.564 bits per heavy atom. The highest BCUT2D eigenvalue weighted by Crippen LogP contribution is 2.38. The van der Waals surface area contributed by atoms with E-state index >= 15 is 0 Å². The highest BCUT2D eigenvalue weighted by Gasteiger charge is 2.21. The number of allylic oxidation sites excluding steroid dienone is 10. The van der Waals surface area contributed by atoms with Gasteiger partial charge in [-0.3, -0.25) is 14.2 Å². The topological polar surface area (TPSA) is 111 Å². The molecule has 1 unspecified atom stereocenters. The number of carbonyl (C=O) groups is 2. The van der Waals surface area contributed by atoms with E-state index in [0.29, 0.717) is 23.9 Å². The number of carbonyl (C=O) groups excluding carboxylic acids is 2. The van der Waals surface area contributed by atoms with E-state index in [1.54, 1.807) is 0 Å². The molecular formula is C45H80NO8P. The van der Waals surface area contributed by atoms with Crippen molar-refractivity contribution in [3.8, 4) is 0 Å². The summed E-state index contributed by atoms with van der Waals surface area (Å²) in [4.78, 5) is 37.5. The largest absolute Gasteiger partial charge is 0.756 e. The predicted molar refractivity (Wildman–Crippen MR) is 226 cm³/mol. The Balaban J connectivity index is 4.49. The average molecular weight is 794 g/mol. The van der Waals surface area contributed by atoms with Gasteiger partial charge in [0.1, 0.15) is 19.8 Å². The number of rotatable bonds is 38. The molecule has 0 fully saturated rings. The molecule has 0 aromatic heterocycles. The molecule has 55 heavy (non-hydrogen) atoms. The third-order valence-corrected chi connectivity index (χ3v) is 9.72. The van der Waals surface area contributed by atoms with Gasteiger partial charge in [0.05, 0.1) is 27.7 Å². The smallest absolute Gasteiger partial charge is 0.306 e. The van der Waals surface area contributed by atoms with Crippen LogP contribution in [0.5, 0.6) is 0 Å². The third-order valence-electron chi connectivity index (χ3n) is 8.76. The van der Waals surface area contributed by atoms with E-state index in [9.17, 15) is 19.0 Å². The molecule has 0 saturated carbocycles. The van der Waals surface area contributed by atoms with Gasteiger partial charge in [0.25, 0.3) is 7.82 Å². The zero-order valence-electron chi connectivity index (χ0n) is 35.6. The third kappa shape index (κ3) is 41.2. The number of nitrogens with zero attached hydrogens (tertiary/aromatic N) is 1. The maximum Gasteiger partial charge on any atom is 0.306 e. The summed E-state index contributed by atoms with van der Waals surface area (Å²) >= 11 is 0. The number of ether oxygens (including phenoxy) is 2. The quantitative estimate of drug-likeness (QED) is 0.0200. The van der Waals surface area contributed by atoms with Crippen LogP contribution < -0.4 is 4.89 Å². The van der Waals surface area contributed by atoms with Gasteiger partial charge >= 0.3 is 11.9 Å². The lowest BCUT2D eigenvalue weighted by molar-refractivity contribution is -0.870. The Hall–Kier alpha value is -2.29. The van der Waals surface area contributed by atoms with Crippen LogP contribution in [0, 0.1) is 0 Å². The Morgan fingerprint density at radius 2 is 1.00 bits per heavy atom. The molecule has 0 saturated heterocycles. The fourth-order valence-corrected chi connectivity index (χ4v) is 6.07. The minimum Gasteiger partial charge on any atom is -0.756 e. The molecule has 0 N–H and O–H groups in total. The molecule has 2 atom stereocenters. The van der Waals surface area contributed by atoms with E-state index < -0.39 is 32.5 Å². The monoisotopic (exact) mass is 794 g/mol. The second-order valence-corrected chi connectivity index (χ2v) is 16.8. The first kappa shape index (κ1) is 52.7. The van der Waals surface area contributed by atoms with Gasteiger partial charge in [-0.25, -0.2) is 0 Å². The molecular weight excluding hydrogens is 713 g/mol. The molecule has 318 valence electrons. The Bertz CT molecular complexity index is 1120. The molecule has 0 aromatic carbocycles. The van der Waals surface area contributed by atoms with Gasteiger partial charge in [0, 0.05) is 12.8 Å². The number of esters is 2. The average Bonchev–Trinajstić information content (AvgIpc) is 3.13. The van der Waals surface area contributed by atoms with Crippen molar-refractivity contribution < 1.29 is 42.1 Å². The normalized spacial score (nSPS) is 14.2. The first-order chi connectivity index (χ1) is 26.5. The van der Waals surface area contributed by atoms with E-state index in [-0.39, 0.29) is 26.1 Å². The van der Waals surface area contributed by atoms with Crippen LogP contribution in [0.2, 0.25) is 0 Å². The van der Waals surface area contributed by atoms with Crippen LogP contribution in [0.1, 0.15) is 162 Å². The maximum absolute atomic E-state index is 12.6. The van der Waals surface area contributed by atoms with Crippen LogP contribution in [-0.4, -0.2) is 70.0 Å². The predicted octanol–water partition coefficient (Wildman–Crippen LogP) is 11.4. The summed E-state index contributed by atoms with van der Waals surface area (Å²) in [6, 6.07) is 0. The van der Waals surface area contributed by atoms with E-state index in [4.69, 9.17) is 18.5 Å². The van der Waals surface area contributed by atoms with Crippen LogP contribution in [0.3, 0.4) is 0 Å². The molecule has 0 spiro atoms. The van der Waals surface area contributed by atoms with E-state index in [0.717, 1.165) is 57.8 Å². The summed E-state index contributed by atoms with van der Waals surface area (Å²) < 4.78 is 33.8. The SMILES string of the molecule is CCCCC/C=C\C/C=C\C/C=C\C/C=C\CCCC(=O)OC[C@H](COP(=O)([O-])OCC[N+](C)(C)C)OC(=O)CCCCCCC/C=C\CCCCCCC. The summed E-state index contributed by atoms with van der Waals surface area (Å²) in [7, 11) is 1.12. The molecule has 0 amide bonds. The van der Waals surface area contributed by atoms with Gasteiger partial charge in [0.2, 0.25) is 0 Å². The number of phosphoric acid groups is 1. The molecule has 0 aliphatic rings. The van der Waals surface area contributed by atoms with Gasteiger partial charge in [0.15, 0.2) is 6.10 Å². The summed E-state index contributed by atoms with van der Waals surface area (Å²) in [5.41, 5.74) is 0. The zero-order chi connectivity index (χ0) is 40.7. The van der Waals surface area contributed by atoms with Crippen molar-refractivity contribution in [2.45, 2.75) is 168 Å². The minimum absolute atomic E-state index is 0.0431. The molecule has 0 radical (unpaired) electrons. The van der Waals surface area contributed by atoms with Crippen molar-refractivity contribution in [3.05, 3.63) is 60.8 Å². The van der Waals surface area contributed by atoms with Crippen LogP contribution in [0.15, 0.2) is 60.8 Å². The lowest BCUT2D eigenvalue weighted by Gasteiger charge is -2.28. The van der Waals surface area contributed by atoms with Crippen molar-refractivity contribution in [3.63, 3.8) is 0 Å². The number of hydrogen-bond acceptors (Lipinski definition) is 8. The number of phosphoric ester groups is 1. The number of likely N-dealkylation sites (N-methyl/N-ethyl adjacent to an activating group) is 1. The molecule has 0 aliphatic carbocycles. The Kier molecular flexibility index (Phi) is 35.7. The lowest BCUT2D eigenvalue weighted by Crippen LogP contribution is -2.37. The van der Waals surface area contributed by atoms with Crippen molar-refractivity contribution in [2.24, 2.45) is 0 Å². The number of hydrogen-bond donors (Lipinski definition) is 0. The Labute approximate surface area is 336 Å². The van der Waals surface area contributed by atoms with Crippen molar-refractivity contribution in [2.75, 3.05) is 47.5 Å². The number of quaternary nitrogens is 1. The fraction of sp³-hybridized carbons (Fsp3) is 0.733. The molecule has 0 heterocycles. The van der Waals surface area contributed by atoms with Crippen molar-refractivity contribution >= 4 is 19.8 Å². The van der Waals surface area contributed by atoms with Gasteiger partial charge in [-0.15, -0.1) is 0 Å². The summed E-state index contributed by atoms with van der Waals surface area (Å²) in [5.74, 6) is -0.915. The van der Waals surface area contributed by atoms with Gasteiger partial charge < -0.3 is 27.9 Å². The maximum atomic E-state index is 12.6. The molecule has 0 aliphatic heterocycles. The highest BCUT2D eigenvalue weighted by atomic mass is 31.2. The van der Waals surface area contributed by atoms with Gasteiger partial charge in [-0.2, -0.15) is 0 Å². The first-order valence-electron chi connectivity index (χ1n) is 21.5. The molecule has 10 heteroatoms. The zero-order valence-corrected chi connectivity index (χ0v) is 36.5. The van der Waals surface area contributed by atoms with Crippen LogP contribution >= 0.6 is 7.82 Å². The van der Waals surface area contributed by atoms with Crippen LogP contribution in [-0.2, 0) is 32.7 Å². The second-order valence-electron chi connectivity index (χ2n) is 15.3. The van der Waals surface area contributed by atoms with Crippen LogP contribution in [0.4, 0.5) is 0 Å². The summed E-state index contributed by atoms with van der Waals surface area (Å²) in [6.45, 7) is 4.10. The molecule has 0 rings (SSSR count). The van der Waals surface area contributed by atoms with E-state index in [1.165, 1.54) is 64.2 Å². The van der Waals surface area contributed by atoms with Crippen molar-refractivity contribution in [1.29, 1.82) is 0 Å². The summed E-state index contributed by atoms with van der Waals surface area (Å²) in [5, 5.41) is 0. The fourth-order valence-electron chi connectivity index (χ4n) is 5.35. The minimum atomic E-state index is -4.64. The Morgan fingerprint density at radius 3 is 1.56 bits per heavy atom. The second kappa shape index (κ2) is 37.3. The standard InChI is InChI=1S/C45H80NO8P/c1-6-8-10-12-14-16-18-20-22-23-24-26-27-29-31-33-35-37-44(47)51-41-43(42-53-55(49,50)52-40-39-46(3,4)5)54-45(48)38-36-34-32-30-28-25-21-19-17-15-13-11-9-7-2/h14,16,19-22,24,26,29,31,43H,6-13,15,17-18,23,25,27-28,30,32-42H2,1-5H3/b16-14-,21-19-,22-20-,26-24-,31-29-/t43-/m1/s1. The molecule has 0 aromatic rings. The summed E-state index contributed by atoms with van der Waals surface area (Å²) in [6.07, 6.45) is 43.9. The van der Waals surface area contributed by atoms with Crippen molar-refractivity contribution in [1.82, 2.24) is 0 Å². The van der Waals surface area contributed by atoms with E-state index in [2.05, 4.69) is 68.5 Å². The highest BCUT2D eigenvalue weighted by molar-refractivity contribution is 7.45.